The number of ketones is 1. The van der Waals surface area contributed by atoms with Gasteiger partial charge in [0.05, 0.1) is 18.6 Å². The first-order valence-electron chi connectivity index (χ1n) is 8.95. The summed E-state index contributed by atoms with van der Waals surface area (Å²) in [5, 5.41) is 0. The molecule has 1 saturated heterocycles. The molecule has 2 aromatic heterocycles. The summed E-state index contributed by atoms with van der Waals surface area (Å²) in [6, 6.07) is 0. The zero-order chi connectivity index (χ0) is 17.1. The molecule has 1 fully saturated rings. The van der Waals surface area contributed by atoms with E-state index >= 15 is 0 Å². The molecule has 124 valence electrons. The van der Waals surface area contributed by atoms with Crippen molar-refractivity contribution in [3.05, 3.63) is 41.7 Å². The number of rotatable bonds is 5. The minimum atomic E-state index is 0.112. The summed E-state index contributed by atoms with van der Waals surface area (Å²) in [7, 11) is 0.411. The van der Waals surface area contributed by atoms with Crippen molar-refractivity contribution in [1.29, 1.82) is 0 Å². The largest absolute Gasteiger partial charge is 0.347 e. The molecule has 3 heterocycles. The fraction of sp³-hybridized carbons (Fsp3) is 0.556. The van der Waals surface area contributed by atoms with Crippen LogP contribution in [0, 0.1) is 12.8 Å². The molecule has 3 rings (SSSR count). The summed E-state index contributed by atoms with van der Waals surface area (Å²) in [6.45, 7) is 7.36. The number of hydrogen-bond acceptors (Lipinski definition) is 3. The number of piperidine rings is 1. The highest BCUT2D eigenvalue weighted by molar-refractivity contribution is 5.95. The molecule has 0 bridgehead atoms. The maximum atomic E-state index is 11.6. The van der Waals surface area contributed by atoms with Crippen molar-refractivity contribution >= 4 is 5.78 Å². The normalized spacial score (nSPS) is 17.4. The van der Waals surface area contributed by atoms with E-state index in [0.717, 1.165) is 50.1 Å². The van der Waals surface area contributed by atoms with Gasteiger partial charge in [-0.1, -0.05) is 0 Å². The van der Waals surface area contributed by atoms with Gasteiger partial charge in [-0.2, -0.15) is 0 Å². The standard InChI is InChI=1S/C18H26N4O/c1-14-9-21(12-18(14)15(2)23)11-17-8-19-13-22(17)10-16-4-6-20(3)7-5-16/h8-9,12-13,16H,4-7,10-11H2,1-3H3/i3D. The molecule has 1 aliphatic heterocycles. The maximum Gasteiger partial charge on any atom is 0.161 e. The third-order valence-electron chi connectivity index (χ3n) is 4.76. The first-order valence-corrected chi connectivity index (χ1v) is 8.24. The first kappa shape index (κ1) is 14.7. The lowest BCUT2D eigenvalue weighted by Crippen LogP contribution is -2.32. The number of aromatic nitrogens is 3. The quantitative estimate of drug-likeness (QED) is 0.797. The molecular formula is C18H26N4O. The monoisotopic (exact) mass is 315 g/mol. The molecule has 5 nitrogen and oxygen atoms in total. The molecule has 5 heteroatoms. The van der Waals surface area contributed by atoms with Crippen molar-refractivity contribution in [2.75, 3.05) is 20.1 Å². The number of nitrogens with zero attached hydrogens (tertiary/aromatic N) is 4. The predicted molar refractivity (Wildman–Crippen MR) is 90.7 cm³/mol. The molecule has 0 aliphatic carbocycles. The molecule has 0 N–H and O–H groups in total. The van der Waals surface area contributed by atoms with Gasteiger partial charge >= 0.3 is 0 Å². The minimum absolute atomic E-state index is 0.112. The van der Waals surface area contributed by atoms with Gasteiger partial charge < -0.3 is 14.0 Å². The van der Waals surface area contributed by atoms with E-state index in [0.29, 0.717) is 12.9 Å². The van der Waals surface area contributed by atoms with Gasteiger partial charge in [-0.25, -0.2) is 4.98 Å². The summed E-state index contributed by atoms with van der Waals surface area (Å²) in [4.78, 5) is 18.1. The Hall–Kier alpha value is -1.88. The zero-order valence-electron chi connectivity index (χ0n) is 15.0. The smallest absolute Gasteiger partial charge is 0.161 e. The Morgan fingerprint density at radius 1 is 1.39 bits per heavy atom. The molecule has 0 saturated carbocycles. The average molecular weight is 315 g/mol. The van der Waals surface area contributed by atoms with Crippen LogP contribution in [0.2, 0.25) is 0 Å². The molecule has 0 unspecified atom stereocenters. The second kappa shape index (κ2) is 6.71. The fourth-order valence-corrected chi connectivity index (χ4v) is 3.36. The van der Waals surface area contributed by atoms with Crippen molar-refractivity contribution in [3.8, 4) is 0 Å². The zero-order valence-corrected chi connectivity index (χ0v) is 14.0. The highest BCUT2D eigenvalue weighted by Crippen LogP contribution is 2.19. The van der Waals surface area contributed by atoms with Crippen LogP contribution in [0.15, 0.2) is 24.9 Å². The average Bonchev–Trinajstić information content (AvgIpc) is 3.15. The van der Waals surface area contributed by atoms with Crippen LogP contribution in [0.25, 0.3) is 0 Å². The van der Waals surface area contributed by atoms with Gasteiger partial charge in [-0.05, 0) is 58.3 Å². The van der Waals surface area contributed by atoms with Crippen molar-refractivity contribution < 1.29 is 6.17 Å². The van der Waals surface area contributed by atoms with E-state index in [4.69, 9.17) is 1.37 Å². The maximum absolute atomic E-state index is 11.6. The SMILES string of the molecule is [2H]CN1CCC(Cn2cncc2Cn2cc(C)c(C(C)=O)c2)CC1. The van der Waals surface area contributed by atoms with Crippen molar-refractivity contribution in [1.82, 2.24) is 19.0 Å². The number of Topliss-reactive ketones (excluding diaryl/α,β-unsaturated/α-hetero) is 1. The molecular weight excluding hydrogens is 288 g/mol. The molecule has 0 aromatic carbocycles. The summed E-state index contributed by atoms with van der Waals surface area (Å²) < 4.78 is 11.8. The van der Waals surface area contributed by atoms with E-state index in [1.807, 2.05) is 31.8 Å². The number of hydrogen-bond donors (Lipinski definition) is 0. The van der Waals surface area contributed by atoms with Crippen LogP contribution in [-0.2, 0) is 13.1 Å². The summed E-state index contributed by atoms with van der Waals surface area (Å²) in [6.07, 6.45) is 10.1. The number of likely N-dealkylation sites (tertiary alicyclic amines) is 1. The minimum Gasteiger partial charge on any atom is -0.347 e. The lowest BCUT2D eigenvalue weighted by Gasteiger charge is -2.29. The summed E-state index contributed by atoms with van der Waals surface area (Å²) in [5.74, 6) is 0.765. The second-order valence-corrected chi connectivity index (χ2v) is 6.68. The number of aryl methyl sites for hydroxylation is 1. The van der Waals surface area contributed by atoms with Crippen LogP contribution < -0.4 is 0 Å². The molecule has 1 aliphatic rings. The van der Waals surface area contributed by atoms with Gasteiger partial charge in [0.15, 0.2) is 5.78 Å². The highest BCUT2D eigenvalue weighted by Gasteiger charge is 2.18. The second-order valence-electron chi connectivity index (χ2n) is 6.68. The Labute approximate surface area is 139 Å². The Kier molecular flexibility index (Phi) is 4.28. The van der Waals surface area contributed by atoms with E-state index in [1.54, 1.807) is 6.92 Å². The van der Waals surface area contributed by atoms with Gasteiger partial charge in [-0.3, -0.25) is 4.79 Å². The predicted octanol–water partition coefficient (Wildman–Crippen LogP) is 2.59. The van der Waals surface area contributed by atoms with Gasteiger partial charge in [-0.15, -0.1) is 0 Å². The highest BCUT2D eigenvalue weighted by atomic mass is 16.1. The number of imidazole rings is 1. The Bertz CT molecular complexity index is 698. The van der Waals surface area contributed by atoms with Crippen LogP contribution in [0.1, 0.15) is 42.8 Å². The number of carbonyl (C=O) groups excluding carboxylic acids is 1. The number of carbonyl (C=O) groups is 1. The Morgan fingerprint density at radius 3 is 2.83 bits per heavy atom. The van der Waals surface area contributed by atoms with Crippen LogP contribution in [0.4, 0.5) is 0 Å². The first-order chi connectivity index (χ1) is 11.6. The van der Waals surface area contributed by atoms with Crippen molar-refractivity contribution in [2.45, 2.75) is 39.8 Å². The van der Waals surface area contributed by atoms with Crippen LogP contribution in [0.3, 0.4) is 0 Å². The molecule has 0 amide bonds. The summed E-state index contributed by atoms with van der Waals surface area (Å²) >= 11 is 0. The van der Waals surface area contributed by atoms with Crippen LogP contribution in [0.5, 0.6) is 0 Å². The Balaban J connectivity index is 1.65. The lowest BCUT2D eigenvalue weighted by atomic mass is 9.97. The van der Waals surface area contributed by atoms with Crippen molar-refractivity contribution in [2.24, 2.45) is 5.92 Å². The third kappa shape index (κ3) is 3.72. The molecule has 2 aromatic rings. The van der Waals surface area contributed by atoms with Crippen LogP contribution in [-0.4, -0.2) is 44.9 Å². The van der Waals surface area contributed by atoms with Gasteiger partial charge in [0.1, 0.15) is 0 Å². The van der Waals surface area contributed by atoms with Gasteiger partial charge in [0, 0.05) is 32.1 Å². The van der Waals surface area contributed by atoms with Crippen molar-refractivity contribution in [3.63, 3.8) is 0 Å². The topological polar surface area (TPSA) is 43.1 Å². The van der Waals surface area contributed by atoms with E-state index in [2.05, 4.69) is 19.0 Å². The third-order valence-corrected chi connectivity index (χ3v) is 4.76. The molecule has 23 heavy (non-hydrogen) atoms. The van der Waals surface area contributed by atoms with Gasteiger partial charge in [0.25, 0.3) is 0 Å². The fourth-order valence-electron chi connectivity index (χ4n) is 3.36. The van der Waals surface area contributed by atoms with E-state index in [1.165, 1.54) is 5.69 Å². The summed E-state index contributed by atoms with van der Waals surface area (Å²) in [5.41, 5.74) is 2.99. The van der Waals surface area contributed by atoms with E-state index in [-0.39, 0.29) is 5.78 Å². The van der Waals surface area contributed by atoms with E-state index < -0.39 is 0 Å². The molecule has 0 radical (unpaired) electrons. The molecule has 0 atom stereocenters. The molecule has 0 spiro atoms. The van der Waals surface area contributed by atoms with Gasteiger partial charge in [0.2, 0.25) is 0 Å². The Morgan fingerprint density at radius 2 is 2.17 bits per heavy atom. The van der Waals surface area contributed by atoms with Crippen LogP contribution >= 0.6 is 0 Å². The lowest BCUT2D eigenvalue weighted by molar-refractivity contribution is 0.101. The van der Waals surface area contributed by atoms with E-state index in [9.17, 15) is 4.79 Å².